The third kappa shape index (κ3) is 4.47. The zero-order valence-corrected chi connectivity index (χ0v) is 15.5. The molecule has 0 spiro atoms. The largest absolute Gasteiger partial charge is 0.274 e. The van der Waals surface area contributed by atoms with Gasteiger partial charge < -0.3 is 0 Å². The van der Waals surface area contributed by atoms with Crippen molar-refractivity contribution in [2.75, 3.05) is 0 Å². The third-order valence-corrected chi connectivity index (χ3v) is 4.89. The maximum atomic E-state index is 12.8. The summed E-state index contributed by atoms with van der Waals surface area (Å²) in [5.74, 6) is 0.0714. The van der Waals surface area contributed by atoms with Crippen molar-refractivity contribution in [2.24, 2.45) is 4.99 Å². The van der Waals surface area contributed by atoms with E-state index in [2.05, 4.69) is 5.10 Å². The highest BCUT2D eigenvalue weighted by Crippen LogP contribution is 2.19. The molecular weight excluding hydrogens is 312 g/mol. The number of nitrogens with zero attached hydrogens (tertiary/aromatic N) is 4. The lowest BCUT2D eigenvalue weighted by molar-refractivity contribution is 0.0889. The fraction of sp³-hybridized carbons (Fsp3) is 0.550. The standard InChI is InChI=1S/C20H28N4O/c1-15-9-11-23(19(13-15)21-18-7-5-4-6-8-18)20(25)10-12-24-17(3)14-16(2)22-24/h9,11,13-14,18H,4-8,10,12H2,1-3H3. The molecule has 5 nitrogen and oxygen atoms in total. The summed E-state index contributed by atoms with van der Waals surface area (Å²) in [6.45, 7) is 6.64. The van der Waals surface area contributed by atoms with E-state index in [0.29, 0.717) is 19.0 Å². The van der Waals surface area contributed by atoms with Crippen LogP contribution in [-0.4, -0.2) is 26.3 Å². The first-order valence-corrected chi connectivity index (χ1v) is 9.30. The molecule has 0 aliphatic heterocycles. The van der Waals surface area contributed by atoms with Crippen molar-refractivity contribution in [3.05, 3.63) is 46.8 Å². The van der Waals surface area contributed by atoms with Gasteiger partial charge in [0.1, 0.15) is 5.49 Å². The molecule has 5 heteroatoms. The molecule has 1 aliphatic rings. The molecule has 0 amide bonds. The van der Waals surface area contributed by atoms with Gasteiger partial charge in [-0.25, -0.2) is 0 Å². The lowest BCUT2D eigenvalue weighted by Crippen LogP contribution is -2.30. The van der Waals surface area contributed by atoms with Gasteiger partial charge in [0.05, 0.1) is 11.7 Å². The molecule has 1 aliphatic carbocycles. The zero-order chi connectivity index (χ0) is 17.8. The molecule has 134 valence electrons. The predicted molar refractivity (Wildman–Crippen MR) is 98.5 cm³/mol. The van der Waals surface area contributed by atoms with Gasteiger partial charge in [-0.1, -0.05) is 19.3 Å². The lowest BCUT2D eigenvalue weighted by atomic mass is 9.96. The lowest BCUT2D eigenvalue weighted by Gasteiger charge is -2.18. The van der Waals surface area contributed by atoms with Gasteiger partial charge in [-0.3, -0.25) is 19.0 Å². The Morgan fingerprint density at radius 3 is 2.64 bits per heavy atom. The molecule has 0 bridgehead atoms. The molecule has 1 fully saturated rings. The molecule has 2 aromatic rings. The Labute approximate surface area is 149 Å². The first kappa shape index (κ1) is 17.6. The number of hydrogen-bond acceptors (Lipinski definition) is 3. The highest BCUT2D eigenvalue weighted by Gasteiger charge is 2.13. The van der Waals surface area contributed by atoms with Gasteiger partial charge in [-0.05, 0) is 57.4 Å². The van der Waals surface area contributed by atoms with Crippen molar-refractivity contribution in [3.63, 3.8) is 0 Å². The summed E-state index contributed by atoms with van der Waals surface area (Å²) in [7, 11) is 0. The van der Waals surface area contributed by atoms with E-state index in [9.17, 15) is 4.79 Å². The number of hydrogen-bond donors (Lipinski definition) is 0. The number of carbonyl (C=O) groups excluding carboxylic acids is 1. The van der Waals surface area contributed by atoms with Crippen LogP contribution in [0, 0.1) is 20.8 Å². The van der Waals surface area contributed by atoms with Crippen LogP contribution in [0.5, 0.6) is 0 Å². The van der Waals surface area contributed by atoms with Crippen LogP contribution in [0.2, 0.25) is 0 Å². The Bertz CT molecular complexity index is 809. The Hall–Kier alpha value is -2.17. The third-order valence-electron chi connectivity index (χ3n) is 4.89. The van der Waals surface area contributed by atoms with Crippen molar-refractivity contribution < 1.29 is 4.79 Å². The molecule has 2 heterocycles. The van der Waals surface area contributed by atoms with E-state index in [1.807, 2.05) is 49.8 Å². The second-order valence-electron chi connectivity index (χ2n) is 7.15. The minimum absolute atomic E-state index is 0.0714. The molecule has 0 aromatic carbocycles. The fourth-order valence-electron chi connectivity index (χ4n) is 3.52. The second-order valence-corrected chi connectivity index (χ2v) is 7.15. The zero-order valence-electron chi connectivity index (χ0n) is 15.5. The summed E-state index contributed by atoms with van der Waals surface area (Å²) in [5.41, 5.74) is 4.01. The van der Waals surface area contributed by atoms with E-state index < -0.39 is 0 Å². The van der Waals surface area contributed by atoms with Crippen molar-refractivity contribution in [2.45, 2.75) is 71.9 Å². The molecule has 0 saturated heterocycles. The van der Waals surface area contributed by atoms with Crippen molar-refractivity contribution >= 4 is 5.91 Å². The van der Waals surface area contributed by atoms with Crippen LogP contribution in [0.25, 0.3) is 0 Å². The minimum Gasteiger partial charge on any atom is -0.274 e. The van der Waals surface area contributed by atoms with E-state index in [1.165, 1.54) is 19.3 Å². The van der Waals surface area contributed by atoms with Crippen LogP contribution in [0.15, 0.2) is 29.4 Å². The molecule has 0 atom stereocenters. The molecule has 1 saturated carbocycles. The van der Waals surface area contributed by atoms with E-state index in [4.69, 9.17) is 4.99 Å². The number of carbonyl (C=O) groups is 1. The van der Waals surface area contributed by atoms with Crippen LogP contribution in [0.4, 0.5) is 0 Å². The summed E-state index contributed by atoms with van der Waals surface area (Å²) >= 11 is 0. The van der Waals surface area contributed by atoms with Crippen molar-refractivity contribution in [3.8, 4) is 0 Å². The predicted octanol–water partition coefficient (Wildman–Crippen LogP) is 3.57. The number of aromatic nitrogens is 3. The summed E-state index contributed by atoms with van der Waals surface area (Å²) in [6, 6.07) is 6.38. The molecule has 2 aromatic heterocycles. The van der Waals surface area contributed by atoms with Gasteiger partial charge in [-0.15, -0.1) is 0 Å². The molecule has 0 N–H and O–H groups in total. The first-order chi connectivity index (χ1) is 12.0. The number of pyridine rings is 1. The Balaban J connectivity index is 1.79. The summed E-state index contributed by atoms with van der Waals surface area (Å²) < 4.78 is 3.62. The van der Waals surface area contributed by atoms with E-state index >= 15 is 0 Å². The minimum atomic E-state index is 0.0714. The quantitative estimate of drug-likeness (QED) is 0.854. The van der Waals surface area contributed by atoms with Crippen LogP contribution < -0.4 is 5.49 Å². The summed E-state index contributed by atoms with van der Waals surface area (Å²) in [5, 5.41) is 4.44. The van der Waals surface area contributed by atoms with Gasteiger partial charge in [0.2, 0.25) is 5.91 Å². The van der Waals surface area contributed by atoms with E-state index in [-0.39, 0.29) is 5.91 Å². The van der Waals surface area contributed by atoms with Gasteiger partial charge in [0.15, 0.2) is 0 Å². The Morgan fingerprint density at radius 2 is 1.96 bits per heavy atom. The fourth-order valence-corrected chi connectivity index (χ4v) is 3.52. The topological polar surface area (TPSA) is 52.2 Å². The monoisotopic (exact) mass is 340 g/mol. The van der Waals surface area contributed by atoms with E-state index in [1.54, 1.807) is 4.57 Å². The van der Waals surface area contributed by atoms with Crippen molar-refractivity contribution in [1.29, 1.82) is 0 Å². The molecule has 25 heavy (non-hydrogen) atoms. The number of aryl methyl sites for hydroxylation is 4. The van der Waals surface area contributed by atoms with Gasteiger partial charge in [0.25, 0.3) is 0 Å². The normalized spacial score (nSPS) is 16.4. The van der Waals surface area contributed by atoms with Gasteiger partial charge in [0, 0.05) is 24.9 Å². The maximum absolute atomic E-state index is 12.8. The molecule has 0 unspecified atom stereocenters. The van der Waals surface area contributed by atoms with Crippen molar-refractivity contribution in [1.82, 2.24) is 14.3 Å². The maximum Gasteiger partial charge on any atom is 0.234 e. The van der Waals surface area contributed by atoms with Crippen LogP contribution >= 0.6 is 0 Å². The van der Waals surface area contributed by atoms with Crippen LogP contribution in [-0.2, 0) is 6.54 Å². The Morgan fingerprint density at radius 1 is 1.20 bits per heavy atom. The highest BCUT2D eigenvalue weighted by atomic mass is 16.2. The van der Waals surface area contributed by atoms with Crippen LogP contribution in [0.3, 0.4) is 0 Å². The molecule has 0 radical (unpaired) electrons. The van der Waals surface area contributed by atoms with Crippen LogP contribution in [0.1, 0.15) is 60.3 Å². The SMILES string of the molecule is Cc1ccn(C(=O)CCn2nc(C)cc2C)c(=NC2CCCCC2)c1. The second kappa shape index (κ2) is 7.81. The van der Waals surface area contributed by atoms with Gasteiger partial charge in [-0.2, -0.15) is 5.10 Å². The molecular formula is C20H28N4O. The average Bonchev–Trinajstić information content (AvgIpc) is 2.91. The van der Waals surface area contributed by atoms with E-state index in [0.717, 1.165) is 35.3 Å². The first-order valence-electron chi connectivity index (χ1n) is 9.30. The molecule has 3 rings (SSSR count). The summed E-state index contributed by atoms with van der Waals surface area (Å²) in [4.78, 5) is 17.7. The average molecular weight is 340 g/mol. The summed E-state index contributed by atoms with van der Waals surface area (Å²) in [6.07, 6.45) is 8.34. The highest BCUT2D eigenvalue weighted by molar-refractivity contribution is 5.78. The Kier molecular flexibility index (Phi) is 5.51. The smallest absolute Gasteiger partial charge is 0.234 e. The van der Waals surface area contributed by atoms with Gasteiger partial charge >= 0.3 is 0 Å². The number of rotatable bonds is 4.